The number of nitrogens with zero attached hydrogens (tertiary/aromatic N) is 2. The molecule has 2 unspecified atom stereocenters. The first-order valence-electron chi connectivity index (χ1n) is 22.6. The van der Waals surface area contributed by atoms with Gasteiger partial charge in [0.1, 0.15) is 0 Å². The van der Waals surface area contributed by atoms with E-state index in [4.69, 9.17) is 4.98 Å². The van der Waals surface area contributed by atoms with Crippen molar-refractivity contribution in [2.24, 2.45) is 5.92 Å². The number of fused-ring (bicyclic) bond motifs is 6. The molecule has 9 aromatic rings. The SMILES string of the molecule is CCC1(CC)c2cc(/C=C/c3ccc(-c4ccc(C(c5ccccc5)(c5ccccc5)c5ccccc5)cc4)nc3)ccc2C2C=CC(n3c4ccccc4c4ccccc43)=CC21. The van der Waals surface area contributed by atoms with Crippen molar-refractivity contribution in [1.29, 1.82) is 0 Å². The highest BCUT2D eigenvalue weighted by Gasteiger charge is 2.49. The molecule has 0 N–H and O–H groups in total. The van der Waals surface area contributed by atoms with Gasteiger partial charge in [-0.15, -0.1) is 0 Å². The van der Waals surface area contributed by atoms with Crippen LogP contribution in [0.4, 0.5) is 0 Å². The lowest BCUT2D eigenvalue weighted by Gasteiger charge is -2.37. The monoisotopic (exact) mass is 810 g/mol. The van der Waals surface area contributed by atoms with Gasteiger partial charge in [0.15, 0.2) is 0 Å². The molecule has 0 spiro atoms. The molecule has 2 aliphatic carbocycles. The van der Waals surface area contributed by atoms with E-state index in [-0.39, 0.29) is 5.41 Å². The molecule has 304 valence electrons. The minimum absolute atomic E-state index is 0.0559. The van der Waals surface area contributed by atoms with E-state index in [1.807, 2.05) is 6.20 Å². The number of aromatic nitrogens is 2. The lowest BCUT2D eigenvalue weighted by Crippen LogP contribution is -2.31. The third kappa shape index (κ3) is 6.27. The van der Waals surface area contributed by atoms with Crippen molar-refractivity contribution >= 4 is 39.7 Å². The van der Waals surface area contributed by atoms with Crippen molar-refractivity contribution in [3.63, 3.8) is 0 Å². The maximum absolute atomic E-state index is 4.98. The zero-order valence-corrected chi connectivity index (χ0v) is 35.9. The molecule has 0 amide bonds. The Morgan fingerprint density at radius 2 is 1.08 bits per heavy atom. The summed E-state index contributed by atoms with van der Waals surface area (Å²) in [5.74, 6) is 0.755. The highest BCUT2D eigenvalue weighted by Crippen LogP contribution is 2.58. The van der Waals surface area contributed by atoms with Gasteiger partial charge in [0.2, 0.25) is 0 Å². The zero-order chi connectivity index (χ0) is 42.4. The van der Waals surface area contributed by atoms with Crippen LogP contribution in [0.15, 0.2) is 219 Å². The van der Waals surface area contributed by atoms with Crippen LogP contribution >= 0.6 is 0 Å². The molecule has 2 aromatic heterocycles. The fourth-order valence-corrected chi connectivity index (χ4v) is 11.3. The second-order valence-corrected chi connectivity index (χ2v) is 17.3. The molecule has 7 aromatic carbocycles. The first-order valence-corrected chi connectivity index (χ1v) is 22.6. The van der Waals surface area contributed by atoms with Crippen LogP contribution in [0.5, 0.6) is 0 Å². The lowest BCUT2D eigenvalue weighted by molar-refractivity contribution is 0.305. The summed E-state index contributed by atoms with van der Waals surface area (Å²) in [6.07, 6.45) is 16.1. The Morgan fingerprint density at radius 3 is 1.63 bits per heavy atom. The van der Waals surface area contributed by atoms with Crippen molar-refractivity contribution in [1.82, 2.24) is 9.55 Å². The van der Waals surface area contributed by atoms with Gasteiger partial charge in [0.05, 0.1) is 22.1 Å². The Hall–Kier alpha value is -7.29. The van der Waals surface area contributed by atoms with E-state index in [1.54, 1.807) is 0 Å². The number of benzene rings is 7. The first-order chi connectivity index (χ1) is 31.1. The van der Waals surface area contributed by atoms with E-state index in [0.29, 0.717) is 11.8 Å². The van der Waals surface area contributed by atoms with Gasteiger partial charge in [0, 0.05) is 39.6 Å². The van der Waals surface area contributed by atoms with E-state index in [0.717, 1.165) is 29.7 Å². The predicted octanol–water partition coefficient (Wildman–Crippen LogP) is 15.3. The standard InChI is InChI=1S/C61H50N2/c1-3-60(4-2)55-40-43(30-37-51(55)52-38-36-50(41-56(52)60)63-58-26-16-14-24-53(58)54-25-15-17-27-59(54)63)28-29-44-31-39-57(62-42-44)45-32-34-49(35-33-45)61(46-18-8-5-9-19-46,47-20-10-6-11-21-47)48-22-12-7-13-23-48/h5-42,52,56H,3-4H2,1-2H3/b29-28+. The molecule has 0 saturated heterocycles. The van der Waals surface area contributed by atoms with Crippen LogP contribution in [0.2, 0.25) is 0 Å². The van der Waals surface area contributed by atoms with E-state index in [1.165, 1.54) is 66.4 Å². The van der Waals surface area contributed by atoms with Crippen molar-refractivity contribution in [2.75, 3.05) is 0 Å². The maximum atomic E-state index is 4.98. The molecule has 2 aliphatic rings. The third-order valence-corrected chi connectivity index (χ3v) is 14.4. The number of pyridine rings is 1. The van der Waals surface area contributed by atoms with Gasteiger partial charge in [-0.05, 0) is 87.5 Å². The molecule has 0 fully saturated rings. The summed E-state index contributed by atoms with van der Waals surface area (Å²) < 4.78 is 2.48. The fraction of sp³-hybridized carbons (Fsp3) is 0.131. The molecule has 0 radical (unpaired) electrons. The minimum Gasteiger partial charge on any atom is -0.310 e. The van der Waals surface area contributed by atoms with E-state index < -0.39 is 5.41 Å². The number of allylic oxidation sites excluding steroid dienone is 4. The first kappa shape index (κ1) is 38.6. The number of hydrogen-bond donors (Lipinski definition) is 0. The Morgan fingerprint density at radius 1 is 0.556 bits per heavy atom. The molecule has 11 rings (SSSR count). The summed E-state index contributed by atoms with van der Waals surface area (Å²) in [7, 11) is 0. The highest BCUT2D eigenvalue weighted by atomic mass is 15.0. The molecular formula is C61H50N2. The van der Waals surface area contributed by atoms with Crippen LogP contribution in [0.25, 0.3) is 50.9 Å². The lowest BCUT2D eigenvalue weighted by atomic mass is 9.65. The minimum atomic E-state index is -0.475. The van der Waals surface area contributed by atoms with E-state index >= 15 is 0 Å². The molecule has 2 heteroatoms. The molecule has 0 aliphatic heterocycles. The van der Waals surface area contributed by atoms with Gasteiger partial charge >= 0.3 is 0 Å². The third-order valence-electron chi connectivity index (χ3n) is 14.4. The Balaban J connectivity index is 0.876. The molecule has 2 heterocycles. The summed E-state index contributed by atoms with van der Waals surface area (Å²) in [5.41, 5.74) is 15.7. The Bertz CT molecular complexity index is 3020. The average Bonchev–Trinajstić information content (AvgIpc) is 3.84. The number of rotatable bonds is 10. The van der Waals surface area contributed by atoms with Crippen molar-refractivity contribution in [3.8, 4) is 11.3 Å². The summed E-state index contributed by atoms with van der Waals surface area (Å²) in [4.78, 5) is 4.98. The molecule has 0 bridgehead atoms. The predicted molar refractivity (Wildman–Crippen MR) is 265 cm³/mol. The summed E-state index contributed by atoms with van der Waals surface area (Å²) in [6, 6.07) is 70.8. The fourth-order valence-electron chi connectivity index (χ4n) is 11.3. The molecule has 2 nitrogen and oxygen atoms in total. The molecule has 2 atom stereocenters. The van der Waals surface area contributed by atoms with Gasteiger partial charge in [0.25, 0.3) is 0 Å². The molecule has 0 saturated carbocycles. The van der Waals surface area contributed by atoms with Gasteiger partial charge in [-0.1, -0.05) is 214 Å². The van der Waals surface area contributed by atoms with Gasteiger partial charge < -0.3 is 4.57 Å². The Kier molecular flexibility index (Phi) is 9.73. The molecular weight excluding hydrogens is 761 g/mol. The van der Waals surface area contributed by atoms with E-state index in [2.05, 4.69) is 243 Å². The Labute approximate surface area is 371 Å². The summed E-state index contributed by atoms with van der Waals surface area (Å²) in [6.45, 7) is 4.77. The number of para-hydroxylation sites is 2. The van der Waals surface area contributed by atoms with Crippen molar-refractivity contribution in [3.05, 3.63) is 263 Å². The van der Waals surface area contributed by atoms with Crippen molar-refractivity contribution < 1.29 is 0 Å². The summed E-state index contributed by atoms with van der Waals surface area (Å²) >= 11 is 0. The van der Waals surface area contributed by atoms with Crippen LogP contribution in [0.1, 0.15) is 77.1 Å². The number of hydrogen-bond acceptors (Lipinski definition) is 1. The van der Waals surface area contributed by atoms with Crippen LogP contribution in [-0.2, 0) is 10.8 Å². The second kappa shape index (κ2) is 15.9. The maximum Gasteiger partial charge on any atom is 0.0702 e. The smallest absolute Gasteiger partial charge is 0.0702 e. The van der Waals surface area contributed by atoms with Gasteiger partial charge in [-0.3, -0.25) is 4.98 Å². The van der Waals surface area contributed by atoms with Crippen LogP contribution in [-0.4, -0.2) is 9.55 Å². The normalized spacial score (nSPS) is 16.6. The largest absolute Gasteiger partial charge is 0.310 e. The van der Waals surface area contributed by atoms with Crippen LogP contribution in [0.3, 0.4) is 0 Å². The zero-order valence-electron chi connectivity index (χ0n) is 35.9. The highest BCUT2D eigenvalue weighted by molar-refractivity contribution is 6.10. The van der Waals surface area contributed by atoms with E-state index in [9.17, 15) is 0 Å². The van der Waals surface area contributed by atoms with Crippen molar-refractivity contribution in [2.45, 2.75) is 43.4 Å². The van der Waals surface area contributed by atoms with Gasteiger partial charge in [-0.2, -0.15) is 0 Å². The van der Waals surface area contributed by atoms with Crippen LogP contribution < -0.4 is 0 Å². The summed E-state index contributed by atoms with van der Waals surface area (Å²) in [5, 5.41) is 2.61. The van der Waals surface area contributed by atoms with Gasteiger partial charge in [-0.25, -0.2) is 0 Å². The van der Waals surface area contributed by atoms with Crippen LogP contribution in [0, 0.1) is 5.92 Å². The average molecular weight is 811 g/mol. The topological polar surface area (TPSA) is 17.8 Å². The second-order valence-electron chi connectivity index (χ2n) is 17.3. The molecule has 63 heavy (non-hydrogen) atoms. The quantitative estimate of drug-likeness (QED) is 0.126.